The number of aromatic nitrogens is 1. The number of pyridine rings is 1. The fourth-order valence-corrected chi connectivity index (χ4v) is 3.92. The molecule has 2 saturated heterocycles. The molecular weight excluding hydrogens is 252 g/mol. The van der Waals surface area contributed by atoms with Gasteiger partial charge in [0.15, 0.2) is 0 Å². The van der Waals surface area contributed by atoms with Crippen molar-refractivity contribution in [2.24, 2.45) is 5.92 Å². The van der Waals surface area contributed by atoms with E-state index in [1.54, 1.807) is 0 Å². The molecule has 1 N–H and O–H groups in total. The van der Waals surface area contributed by atoms with Gasteiger partial charge < -0.3 is 5.11 Å². The van der Waals surface area contributed by atoms with E-state index in [4.69, 9.17) is 5.11 Å². The van der Waals surface area contributed by atoms with Crippen molar-refractivity contribution in [2.45, 2.75) is 57.7 Å². The van der Waals surface area contributed by atoms with Crippen molar-refractivity contribution >= 4 is 5.97 Å². The molecule has 108 valence electrons. The summed E-state index contributed by atoms with van der Waals surface area (Å²) in [5.74, 6) is -0.283. The van der Waals surface area contributed by atoms with E-state index in [1.807, 2.05) is 12.3 Å². The molecule has 2 fully saturated rings. The van der Waals surface area contributed by atoms with Crippen LogP contribution in [0.1, 0.15) is 43.4 Å². The van der Waals surface area contributed by atoms with Crippen LogP contribution < -0.4 is 0 Å². The second-order valence-electron chi connectivity index (χ2n) is 6.26. The summed E-state index contributed by atoms with van der Waals surface area (Å²) in [6, 6.07) is 5.20. The normalized spacial score (nSPS) is 29.6. The van der Waals surface area contributed by atoms with E-state index in [9.17, 15) is 4.79 Å². The SMILES string of the molecule is Cc1cccnc1CN1C2CCC1CC(CC(=O)O)C2. The molecule has 1 aromatic rings. The summed E-state index contributed by atoms with van der Waals surface area (Å²) >= 11 is 0. The van der Waals surface area contributed by atoms with Crippen LogP contribution in [-0.2, 0) is 11.3 Å². The van der Waals surface area contributed by atoms with Gasteiger partial charge in [-0.05, 0) is 50.2 Å². The Morgan fingerprint density at radius 3 is 2.70 bits per heavy atom. The van der Waals surface area contributed by atoms with Gasteiger partial charge in [-0.25, -0.2) is 0 Å². The minimum atomic E-state index is -0.650. The van der Waals surface area contributed by atoms with E-state index >= 15 is 0 Å². The number of carboxylic acids is 1. The first-order valence-electron chi connectivity index (χ1n) is 7.51. The van der Waals surface area contributed by atoms with Crippen molar-refractivity contribution in [1.82, 2.24) is 9.88 Å². The summed E-state index contributed by atoms with van der Waals surface area (Å²) in [6.07, 6.45) is 6.70. The van der Waals surface area contributed by atoms with E-state index in [0.29, 0.717) is 24.4 Å². The summed E-state index contributed by atoms with van der Waals surface area (Å²) in [5.41, 5.74) is 2.42. The minimum Gasteiger partial charge on any atom is -0.481 e. The lowest BCUT2D eigenvalue weighted by Crippen LogP contribution is -2.43. The highest BCUT2D eigenvalue weighted by Crippen LogP contribution is 2.40. The Hall–Kier alpha value is -1.42. The molecule has 20 heavy (non-hydrogen) atoms. The zero-order valence-electron chi connectivity index (χ0n) is 12.0. The van der Waals surface area contributed by atoms with Crippen molar-refractivity contribution in [1.29, 1.82) is 0 Å². The number of aryl methyl sites for hydroxylation is 1. The Kier molecular flexibility index (Phi) is 3.74. The van der Waals surface area contributed by atoms with Crippen LogP contribution >= 0.6 is 0 Å². The fourth-order valence-electron chi connectivity index (χ4n) is 3.92. The van der Waals surface area contributed by atoms with Crippen LogP contribution in [0.4, 0.5) is 0 Å². The van der Waals surface area contributed by atoms with Crippen molar-refractivity contribution in [2.75, 3.05) is 0 Å². The lowest BCUT2D eigenvalue weighted by molar-refractivity contribution is -0.138. The number of hydrogen-bond donors (Lipinski definition) is 1. The van der Waals surface area contributed by atoms with E-state index in [0.717, 1.165) is 19.4 Å². The third-order valence-corrected chi connectivity index (χ3v) is 4.90. The molecule has 0 aromatic carbocycles. The topological polar surface area (TPSA) is 53.4 Å². The minimum absolute atomic E-state index is 0.337. The highest BCUT2D eigenvalue weighted by atomic mass is 16.4. The number of aliphatic carboxylic acids is 1. The summed E-state index contributed by atoms with van der Waals surface area (Å²) in [4.78, 5) is 18.0. The highest BCUT2D eigenvalue weighted by Gasteiger charge is 2.41. The molecular formula is C16H22N2O2. The molecule has 0 saturated carbocycles. The number of nitrogens with zero attached hydrogens (tertiary/aromatic N) is 2. The largest absolute Gasteiger partial charge is 0.481 e. The Bertz CT molecular complexity index is 489. The number of piperidine rings is 1. The third-order valence-electron chi connectivity index (χ3n) is 4.90. The van der Waals surface area contributed by atoms with Gasteiger partial charge in [-0.2, -0.15) is 0 Å². The van der Waals surface area contributed by atoms with Crippen molar-refractivity contribution in [3.8, 4) is 0 Å². The van der Waals surface area contributed by atoms with E-state index in [-0.39, 0.29) is 0 Å². The van der Waals surface area contributed by atoms with Crippen LogP contribution in [0, 0.1) is 12.8 Å². The van der Waals surface area contributed by atoms with Gasteiger partial charge in [0, 0.05) is 31.2 Å². The lowest BCUT2D eigenvalue weighted by Gasteiger charge is -2.38. The molecule has 0 amide bonds. The average Bonchev–Trinajstić information content (AvgIpc) is 2.63. The maximum atomic E-state index is 10.9. The lowest BCUT2D eigenvalue weighted by atomic mass is 9.88. The van der Waals surface area contributed by atoms with Crippen LogP contribution in [0.25, 0.3) is 0 Å². The van der Waals surface area contributed by atoms with Gasteiger partial charge in [0.05, 0.1) is 5.69 Å². The second kappa shape index (κ2) is 5.52. The van der Waals surface area contributed by atoms with E-state index in [1.165, 1.54) is 24.1 Å². The first kappa shape index (κ1) is 13.6. The third kappa shape index (κ3) is 2.70. The van der Waals surface area contributed by atoms with Gasteiger partial charge in [-0.3, -0.25) is 14.7 Å². The maximum absolute atomic E-state index is 10.9. The van der Waals surface area contributed by atoms with Crippen LogP contribution in [0.2, 0.25) is 0 Å². The van der Waals surface area contributed by atoms with Crippen molar-refractivity contribution in [3.05, 3.63) is 29.6 Å². The zero-order valence-corrected chi connectivity index (χ0v) is 12.0. The maximum Gasteiger partial charge on any atom is 0.303 e. The molecule has 2 aliphatic heterocycles. The Morgan fingerprint density at radius 1 is 1.40 bits per heavy atom. The predicted octanol–water partition coefficient (Wildman–Crippen LogP) is 2.61. The van der Waals surface area contributed by atoms with Crippen LogP contribution in [-0.4, -0.2) is 33.0 Å². The van der Waals surface area contributed by atoms with Crippen molar-refractivity contribution in [3.63, 3.8) is 0 Å². The second-order valence-corrected chi connectivity index (χ2v) is 6.26. The van der Waals surface area contributed by atoms with Gasteiger partial charge in [-0.15, -0.1) is 0 Å². The number of fused-ring (bicyclic) bond motifs is 2. The molecule has 2 aliphatic rings. The van der Waals surface area contributed by atoms with Gasteiger partial charge in [0.2, 0.25) is 0 Å². The Labute approximate surface area is 119 Å². The monoisotopic (exact) mass is 274 g/mol. The average molecular weight is 274 g/mol. The van der Waals surface area contributed by atoms with Gasteiger partial charge in [0.1, 0.15) is 0 Å². The standard InChI is InChI=1S/C16H22N2O2/c1-11-3-2-6-17-15(11)10-18-13-4-5-14(18)8-12(7-13)9-16(19)20/h2-3,6,12-14H,4-5,7-10H2,1H3,(H,19,20). The molecule has 2 atom stereocenters. The van der Waals surface area contributed by atoms with E-state index < -0.39 is 5.97 Å². The molecule has 0 spiro atoms. The van der Waals surface area contributed by atoms with Crippen LogP contribution in [0.5, 0.6) is 0 Å². The summed E-state index contributed by atoms with van der Waals surface area (Å²) < 4.78 is 0. The molecule has 4 heteroatoms. The van der Waals surface area contributed by atoms with Gasteiger partial charge >= 0.3 is 5.97 Å². The number of hydrogen-bond acceptors (Lipinski definition) is 3. The molecule has 4 nitrogen and oxygen atoms in total. The molecule has 3 rings (SSSR count). The molecule has 3 heterocycles. The first-order valence-corrected chi connectivity index (χ1v) is 7.51. The van der Waals surface area contributed by atoms with Crippen molar-refractivity contribution < 1.29 is 9.90 Å². The molecule has 0 radical (unpaired) electrons. The van der Waals surface area contributed by atoms with Gasteiger partial charge in [0.25, 0.3) is 0 Å². The quantitative estimate of drug-likeness (QED) is 0.917. The number of carboxylic acid groups (broad SMARTS) is 1. The highest BCUT2D eigenvalue weighted by molar-refractivity contribution is 5.67. The first-order chi connectivity index (χ1) is 9.63. The van der Waals surface area contributed by atoms with Crippen LogP contribution in [0.3, 0.4) is 0 Å². The molecule has 1 aromatic heterocycles. The Morgan fingerprint density at radius 2 is 2.10 bits per heavy atom. The predicted molar refractivity (Wildman–Crippen MR) is 76.3 cm³/mol. The molecule has 2 unspecified atom stereocenters. The number of carbonyl (C=O) groups is 1. The summed E-state index contributed by atoms with van der Waals surface area (Å²) in [6.45, 7) is 3.03. The van der Waals surface area contributed by atoms with Gasteiger partial charge in [-0.1, -0.05) is 6.07 Å². The molecule has 2 bridgehead atoms. The van der Waals surface area contributed by atoms with E-state index in [2.05, 4.69) is 22.9 Å². The Balaban J connectivity index is 1.68. The molecule has 0 aliphatic carbocycles. The zero-order chi connectivity index (χ0) is 14.1. The fraction of sp³-hybridized carbons (Fsp3) is 0.625. The smallest absolute Gasteiger partial charge is 0.303 e. The summed E-state index contributed by atoms with van der Waals surface area (Å²) in [7, 11) is 0. The number of rotatable bonds is 4. The van der Waals surface area contributed by atoms with Crippen LogP contribution in [0.15, 0.2) is 18.3 Å². The summed E-state index contributed by atoms with van der Waals surface area (Å²) in [5, 5.41) is 8.97.